The third kappa shape index (κ3) is 3.07. The summed E-state index contributed by atoms with van der Waals surface area (Å²) < 4.78 is 15.5. The van der Waals surface area contributed by atoms with Crippen LogP contribution in [0, 0.1) is 6.92 Å². The van der Waals surface area contributed by atoms with Gasteiger partial charge in [0, 0.05) is 17.3 Å². The first-order chi connectivity index (χ1) is 9.10. The Bertz CT molecular complexity index is 589. The van der Waals surface area contributed by atoms with Gasteiger partial charge in [-0.25, -0.2) is 4.79 Å². The van der Waals surface area contributed by atoms with Crippen LogP contribution in [0.5, 0.6) is 5.75 Å². The normalized spacial score (nSPS) is 10.2. The van der Waals surface area contributed by atoms with Crippen LogP contribution >= 0.6 is 0 Å². The number of carbonyl (C=O) groups is 1. The molecule has 19 heavy (non-hydrogen) atoms. The van der Waals surface area contributed by atoms with Crippen molar-refractivity contribution in [1.82, 2.24) is 0 Å². The third-order valence-electron chi connectivity index (χ3n) is 2.58. The molecule has 0 aliphatic carbocycles. The Morgan fingerprint density at radius 1 is 1.37 bits per heavy atom. The van der Waals surface area contributed by atoms with Crippen LogP contribution in [-0.4, -0.2) is 13.1 Å². The van der Waals surface area contributed by atoms with Gasteiger partial charge in [0.25, 0.3) is 0 Å². The Labute approximate surface area is 110 Å². The van der Waals surface area contributed by atoms with Gasteiger partial charge in [-0.2, -0.15) is 0 Å². The number of esters is 1. The maximum atomic E-state index is 11.4. The monoisotopic (exact) mass is 261 g/mol. The molecule has 0 aliphatic heterocycles. The van der Waals surface area contributed by atoms with Crippen molar-refractivity contribution < 1.29 is 18.7 Å². The number of anilines is 1. The molecule has 0 saturated carbocycles. The summed E-state index contributed by atoms with van der Waals surface area (Å²) in [7, 11) is 1.31. The van der Waals surface area contributed by atoms with Crippen LogP contribution in [0.4, 0.5) is 5.69 Å². The predicted octanol–water partition coefficient (Wildman–Crippen LogP) is 2.54. The van der Waals surface area contributed by atoms with Crippen LogP contribution in [0.1, 0.15) is 21.9 Å². The molecule has 2 rings (SSSR count). The van der Waals surface area contributed by atoms with Crippen molar-refractivity contribution in [2.45, 2.75) is 13.5 Å². The molecule has 1 heterocycles. The van der Waals surface area contributed by atoms with E-state index < -0.39 is 5.97 Å². The Hall–Kier alpha value is -2.43. The zero-order valence-corrected chi connectivity index (χ0v) is 10.8. The Balaban J connectivity index is 2.06. The third-order valence-corrected chi connectivity index (χ3v) is 2.58. The number of carbonyl (C=O) groups excluding carboxylic acids is 1. The number of nitrogens with two attached hydrogens (primary N) is 1. The molecule has 2 N–H and O–H groups in total. The van der Waals surface area contributed by atoms with E-state index in [1.807, 2.05) is 0 Å². The van der Waals surface area contributed by atoms with Gasteiger partial charge >= 0.3 is 5.97 Å². The fraction of sp³-hybridized carbons (Fsp3) is 0.214. The second-order valence-corrected chi connectivity index (χ2v) is 4.08. The van der Waals surface area contributed by atoms with Crippen molar-refractivity contribution in [2.24, 2.45) is 0 Å². The number of furan rings is 1. The molecule has 0 aliphatic rings. The number of hydrogen-bond acceptors (Lipinski definition) is 5. The SMILES string of the molecule is COC(=O)c1oc(COc2cccc(N)c2)cc1C. The lowest BCUT2D eigenvalue weighted by atomic mass is 10.2. The number of ether oxygens (including phenoxy) is 2. The van der Waals surface area contributed by atoms with E-state index in [1.54, 1.807) is 37.3 Å². The molecule has 0 saturated heterocycles. The molecule has 5 heteroatoms. The van der Waals surface area contributed by atoms with E-state index in [0.29, 0.717) is 17.2 Å². The molecule has 1 aromatic heterocycles. The molecule has 2 aromatic rings. The zero-order valence-electron chi connectivity index (χ0n) is 10.8. The molecular formula is C14H15NO4. The largest absolute Gasteiger partial charge is 0.486 e. The van der Waals surface area contributed by atoms with E-state index in [4.69, 9.17) is 14.9 Å². The lowest BCUT2D eigenvalue weighted by molar-refractivity contribution is 0.0560. The van der Waals surface area contributed by atoms with Gasteiger partial charge in [0.15, 0.2) is 0 Å². The fourth-order valence-electron chi connectivity index (χ4n) is 1.67. The number of hydrogen-bond donors (Lipinski definition) is 1. The van der Waals surface area contributed by atoms with E-state index in [2.05, 4.69) is 4.74 Å². The topological polar surface area (TPSA) is 74.7 Å². The van der Waals surface area contributed by atoms with Gasteiger partial charge in [-0.15, -0.1) is 0 Å². The molecule has 5 nitrogen and oxygen atoms in total. The van der Waals surface area contributed by atoms with Crippen molar-refractivity contribution in [2.75, 3.05) is 12.8 Å². The fourth-order valence-corrected chi connectivity index (χ4v) is 1.67. The average Bonchev–Trinajstić information content (AvgIpc) is 2.77. The van der Waals surface area contributed by atoms with Crippen molar-refractivity contribution in [3.63, 3.8) is 0 Å². The molecule has 0 unspecified atom stereocenters. The summed E-state index contributed by atoms with van der Waals surface area (Å²) in [5.41, 5.74) is 7.00. The Morgan fingerprint density at radius 2 is 2.16 bits per heavy atom. The second-order valence-electron chi connectivity index (χ2n) is 4.08. The lowest BCUT2D eigenvalue weighted by Gasteiger charge is -2.04. The molecule has 0 atom stereocenters. The summed E-state index contributed by atoms with van der Waals surface area (Å²) in [5, 5.41) is 0. The van der Waals surface area contributed by atoms with Gasteiger partial charge in [0.05, 0.1) is 7.11 Å². The van der Waals surface area contributed by atoms with Gasteiger partial charge in [0.1, 0.15) is 18.1 Å². The lowest BCUT2D eigenvalue weighted by Crippen LogP contribution is -2.00. The van der Waals surface area contributed by atoms with E-state index in [1.165, 1.54) is 7.11 Å². The van der Waals surface area contributed by atoms with Crippen LogP contribution in [0.15, 0.2) is 34.7 Å². The maximum absolute atomic E-state index is 11.4. The number of nitrogen functional groups attached to an aromatic ring is 1. The minimum atomic E-state index is -0.493. The molecule has 0 amide bonds. The van der Waals surface area contributed by atoms with Crippen molar-refractivity contribution >= 4 is 11.7 Å². The summed E-state index contributed by atoms with van der Waals surface area (Å²) >= 11 is 0. The summed E-state index contributed by atoms with van der Waals surface area (Å²) in [6.45, 7) is 2.00. The number of benzene rings is 1. The minimum absolute atomic E-state index is 0.202. The van der Waals surface area contributed by atoms with Gasteiger partial charge < -0.3 is 19.6 Å². The molecule has 1 aromatic carbocycles. The predicted molar refractivity (Wildman–Crippen MR) is 70.0 cm³/mol. The first-order valence-corrected chi connectivity index (χ1v) is 5.76. The van der Waals surface area contributed by atoms with E-state index in [-0.39, 0.29) is 12.4 Å². The molecule has 0 spiro atoms. The first kappa shape index (κ1) is 13.0. The van der Waals surface area contributed by atoms with Gasteiger partial charge in [-0.3, -0.25) is 0 Å². The van der Waals surface area contributed by atoms with Crippen LogP contribution in [0.3, 0.4) is 0 Å². The van der Waals surface area contributed by atoms with E-state index in [9.17, 15) is 4.79 Å². The highest BCUT2D eigenvalue weighted by molar-refractivity contribution is 5.87. The van der Waals surface area contributed by atoms with Crippen LogP contribution in [-0.2, 0) is 11.3 Å². The van der Waals surface area contributed by atoms with Gasteiger partial charge in [-0.1, -0.05) is 6.07 Å². The first-order valence-electron chi connectivity index (χ1n) is 5.76. The van der Waals surface area contributed by atoms with Gasteiger partial charge in [0.2, 0.25) is 5.76 Å². The molecule has 0 bridgehead atoms. The summed E-state index contributed by atoms with van der Waals surface area (Å²) in [6.07, 6.45) is 0. The van der Waals surface area contributed by atoms with Crippen LogP contribution in [0.2, 0.25) is 0 Å². The molecular weight excluding hydrogens is 246 g/mol. The van der Waals surface area contributed by atoms with Crippen molar-refractivity contribution in [3.05, 3.63) is 47.4 Å². The highest BCUT2D eigenvalue weighted by Gasteiger charge is 2.16. The standard InChI is InChI=1S/C14H15NO4/c1-9-6-12(19-13(9)14(16)17-2)8-18-11-5-3-4-10(15)7-11/h3-7H,8,15H2,1-2H3. The summed E-state index contributed by atoms with van der Waals surface area (Å²) in [4.78, 5) is 11.4. The zero-order chi connectivity index (χ0) is 13.8. The van der Waals surface area contributed by atoms with Crippen LogP contribution < -0.4 is 10.5 Å². The molecule has 100 valence electrons. The minimum Gasteiger partial charge on any atom is -0.486 e. The van der Waals surface area contributed by atoms with Crippen molar-refractivity contribution in [1.29, 1.82) is 0 Å². The Kier molecular flexibility index (Phi) is 3.75. The smallest absolute Gasteiger partial charge is 0.374 e. The summed E-state index contributed by atoms with van der Waals surface area (Å²) in [5.74, 6) is 0.912. The average molecular weight is 261 g/mol. The van der Waals surface area contributed by atoms with E-state index >= 15 is 0 Å². The number of aryl methyl sites for hydroxylation is 1. The van der Waals surface area contributed by atoms with Crippen LogP contribution in [0.25, 0.3) is 0 Å². The Morgan fingerprint density at radius 3 is 2.84 bits per heavy atom. The highest BCUT2D eigenvalue weighted by atomic mass is 16.5. The maximum Gasteiger partial charge on any atom is 0.374 e. The second kappa shape index (κ2) is 5.48. The quantitative estimate of drug-likeness (QED) is 0.676. The molecule has 0 fully saturated rings. The van der Waals surface area contributed by atoms with Gasteiger partial charge in [-0.05, 0) is 25.1 Å². The summed E-state index contributed by atoms with van der Waals surface area (Å²) in [6, 6.07) is 8.85. The number of rotatable bonds is 4. The molecule has 0 radical (unpaired) electrons. The van der Waals surface area contributed by atoms with E-state index in [0.717, 1.165) is 5.56 Å². The highest BCUT2D eigenvalue weighted by Crippen LogP contribution is 2.19. The van der Waals surface area contributed by atoms with Crippen molar-refractivity contribution in [3.8, 4) is 5.75 Å². The number of methoxy groups -OCH3 is 1.